The Hall–Kier alpha value is -1.36. The standard InChI is InChI=1S/C14H16BrNO3/c1-8-3-2-4-12(8)13(17)16-11-6-9(14(18)19)5-10(15)7-11/h5-8,12H,2-4H2,1H3,(H,16,17)(H,18,19). The van der Waals surface area contributed by atoms with Gasteiger partial charge in [0.25, 0.3) is 0 Å². The molecule has 5 heteroatoms. The Labute approximate surface area is 120 Å². The van der Waals surface area contributed by atoms with Crippen LogP contribution >= 0.6 is 15.9 Å². The van der Waals surface area contributed by atoms with E-state index in [2.05, 4.69) is 28.2 Å². The topological polar surface area (TPSA) is 66.4 Å². The lowest BCUT2D eigenvalue weighted by atomic mass is 9.97. The number of carbonyl (C=O) groups excluding carboxylic acids is 1. The van der Waals surface area contributed by atoms with Crippen molar-refractivity contribution in [2.45, 2.75) is 26.2 Å². The van der Waals surface area contributed by atoms with E-state index in [1.165, 1.54) is 12.1 Å². The van der Waals surface area contributed by atoms with Crippen LogP contribution in [0.2, 0.25) is 0 Å². The molecule has 19 heavy (non-hydrogen) atoms. The van der Waals surface area contributed by atoms with Crippen LogP contribution in [0.1, 0.15) is 36.5 Å². The van der Waals surface area contributed by atoms with Gasteiger partial charge < -0.3 is 10.4 Å². The second-order valence-electron chi connectivity index (χ2n) is 5.04. The van der Waals surface area contributed by atoms with Crippen LogP contribution in [-0.2, 0) is 4.79 Å². The van der Waals surface area contributed by atoms with E-state index < -0.39 is 5.97 Å². The lowest BCUT2D eigenvalue weighted by molar-refractivity contribution is -0.120. The van der Waals surface area contributed by atoms with Crippen molar-refractivity contribution in [3.05, 3.63) is 28.2 Å². The van der Waals surface area contributed by atoms with Gasteiger partial charge in [0.1, 0.15) is 0 Å². The van der Waals surface area contributed by atoms with Gasteiger partial charge in [-0.25, -0.2) is 4.79 Å². The summed E-state index contributed by atoms with van der Waals surface area (Å²) in [5, 5.41) is 11.8. The van der Waals surface area contributed by atoms with Crippen molar-refractivity contribution >= 4 is 33.5 Å². The molecule has 0 heterocycles. The summed E-state index contributed by atoms with van der Waals surface area (Å²) >= 11 is 3.25. The monoisotopic (exact) mass is 325 g/mol. The molecule has 0 radical (unpaired) electrons. The molecule has 1 aliphatic carbocycles. The zero-order chi connectivity index (χ0) is 14.0. The van der Waals surface area contributed by atoms with E-state index in [0.717, 1.165) is 19.3 Å². The number of carboxylic acids is 1. The predicted molar refractivity (Wildman–Crippen MR) is 76.2 cm³/mol. The molecule has 0 spiro atoms. The maximum atomic E-state index is 12.1. The number of carboxylic acid groups (broad SMARTS) is 1. The number of hydrogen-bond acceptors (Lipinski definition) is 2. The minimum Gasteiger partial charge on any atom is -0.478 e. The molecule has 1 saturated carbocycles. The normalized spacial score (nSPS) is 22.2. The second kappa shape index (κ2) is 5.74. The summed E-state index contributed by atoms with van der Waals surface area (Å²) in [7, 11) is 0. The lowest BCUT2D eigenvalue weighted by Gasteiger charge is -2.15. The molecule has 1 aromatic rings. The predicted octanol–water partition coefficient (Wildman–Crippen LogP) is 3.52. The number of benzene rings is 1. The Bertz CT molecular complexity index is 515. The maximum absolute atomic E-state index is 12.1. The van der Waals surface area contributed by atoms with Gasteiger partial charge in [-0.3, -0.25) is 4.79 Å². The van der Waals surface area contributed by atoms with Gasteiger partial charge in [0.2, 0.25) is 5.91 Å². The first-order valence-electron chi connectivity index (χ1n) is 6.32. The summed E-state index contributed by atoms with van der Waals surface area (Å²) < 4.78 is 0.641. The van der Waals surface area contributed by atoms with E-state index in [-0.39, 0.29) is 17.4 Å². The molecule has 0 aliphatic heterocycles. The smallest absolute Gasteiger partial charge is 0.335 e. The number of amides is 1. The van der Waals surface area contributed by atoms with Crippen LogP contribution in [0, 0.1) is 11.8 Å². The number of hydrogen-bond donors (Lipinski definition) is 2. The Kier molecular flexibility index (Phi) is 4.24. The quantitative estimate of drug-likeness (QED) is 0.893. The van der Waals surface area contributed by atoms with Crippen molar-refractivity contribution in [2.75, 3.05) is 5.32 Å². The molecule has 2 rings (SSSR count). The van der Waals surface area contributed by atoms with Gasteiger partial charge in [-0.2, -0.15) is 0 Å². The third-order valence-electron chi connectivity index (χ3n) is 3.61. The highest BCUT2D eigenvalue weighted by molar-refractivity contribution is 9.10. The Morgan fingerprint density at radius 3 is 2.63 bits per heavy atom. The molecule has 1 amide bonds. The fourth-order valence-electron chi connectivity index (χ4n) is 2.56. The number of rotatable bonds is 3. The minimum absolute atomic E-state index is 0.0144. The SMILES string of the molecule is CC1CCCC1C(=O)Nc1cc(Br)cc(C(=O)O)c1. The van der Waals surface area contributed by atoms with Gasteiger partial charge in [-0.05, 0) is 37.0 Å². The van der Waals surface area contributed by atoms with E-state index in [0.29, 0.717) is 16.1 Å². The summed E-state index contributed by atoms with van der Waals surface area (Å²) in [6.45, 7) is 2.08. The largest absolute Gasteiger partial charge is 0.478 e. The Balaban J connectivity index is 2.14. The maximum Gasteiger partial charge on any atom is 0.335 e. The average molecular weight is 326 g/mol. The Morgan fingerprint density at radius 1 is 1.32 bits per heavy atom. The molecule has 0 saturated heterocycles. The first-order valence-corrected chi connectivity index (χ1v) is 7.11. The van der Waals surface area contributed by atoms with Gasteiger partial charge in [0.15, 0.2) is 0 Å². The van der Waals surface area contributed by atoms with Gasteiger partial charge in [-0.1, -0.05) is 29.3 Å². The van der Waals surface area contributed by atoms with E-state index in [9.17, 15) is 9.59 Å². The van der Waals surface area contributed by atoms with E-state index in [1.807, 2.05) is 0 Å². The third-order valence-corrected chi connectivity index (χ3v) is 4.07. The number of nitrogens with one attached hydrogen (secondary N) is 1. The zero-order valence-corrected chi connectivity index (χ0v) is 12.2. The van der Waals surface area contributed by atoms with Crippen molar-refractivity contribution in [3.63, 3.8) is 0 Å². The fourth-order valence-corrected chi connectivity index (χ4v) is 3.05. The summed E-state index contributed by atoms with van der Waals surface area (Å²) in [5.41, 5.74) is 0.681. The van der Waals surface area contributed by atoms with Crippen LogP contribution in [0.4, 0.5) is 5.69 Å². The molecule has 102 valence electrons. The van der Waals surface area contributed by atoms with Crippen molar-refractivity contribution in [1.29, 1.82) is 0 Å². The van der Waals surface area contributed by atoms with Gasteiger partial charge >= 0.3 is 5.97 Å². The van der Waals surface area contributed by atoms with Crippen LogP contribution in [0.25, 0.3) is 0 Å². The summed E-state index contributed by atoms with van der Waals surface area (Å²) in [6, 6.07) is 4.70. The molecular formula is C14H16BrNO3. The second-order valence-corrected chi connectivity index (χ2v) is 5.95. The van der Waals surface area contributed by atoms with E-state index in [1.54, 1.807) is 6.07 Å². The third kappa shape index (κ3) is 3.35. The van der Waals surface area contributed by atoms with E-state index in [4.69, 9.17) is 5.11 Å². The van der Waals surface area contributed by atoms with Gasteiger partial charge in [0.05, 0.1) is 5.56 Å². The highest BCUT2D eigenvalue weighted by Gasteiger charge is 2.29. The van der Waals surface area contributed by atoms with Crippen molar-refractivity contribution < 1.29 is 14.7 Å². The molecular weight excluding hydrogens is 310 g/mol. The summed E-state index contributed by atoms with van der Waals surface area (Å²) in [4.78, 5) is 23.1. The highest BCUT2D eigenvalue weighted by Crippen LogP contribution is 2.32. The lowest BCUT2D eigenvalue weighted by Crippen LogP contribution is -2.24. The number of halogens is 1. The molecule has 0 bridgehead atoms. The zero-order valence-electron chi connectivity index (χ0n) is 10.6. The molecule has 1 aliphatic rings. The summed E-state index contributed by atoms with van der Waals surface area (Å²) in [6.07, 6.45) is 3.07. The van der Waals surface area contributed by atoms with Crippen LogP contribution in [0.15, 0.2) is 22.7 Å². The Morgan fingerprint density at radius 2 is 2.05 bits per heavy atom. The molecule has 1 fully saturated rings. The van der Waals surface area contributed by atoms with Crippen molar-refractivity contribution in [3.8, 4) is 0 Å². The number of aromatic carboxylic acids is 1. The van der Waals surface area contributed by atoms with Crippen LogP contribution in [0.5, 0.6) is 0 Å². The van der Waals surface area contributed by atoms with Crippen LogP contribution in [-0.4, -0.2) is 17.0 Å². The molecule has 1 aromatic carbocycles. The molecule has 0 aromatic heterocycles. The highest BCUT2D eigenvalue weighted by atomic mass is 79.9. The average Bonchev–Trinajstić information content (AvgIpc) is 2.74. The summed E-state index contributed by atoms with van der Waals surface area (Å²) in [5.74, 6) is -0.594. The minimum atomic E-state index is -1.01. The van der Waals surface area contributed by atoms with Crippen LogP contribution in [0.3, 0.4) is 0 Å². The van der Waals surface area contributed by atoms with Crippen molar-refractivity contribution in [2.24, 2.45) is 11.8 Å². The number of carbonyl (C=O) groups is 2. The van der Waals surface area contributed by atoms with Crippen molar-refractivity contribution in [1.82, 2.24) is 0 Å². The van der Waals surface area contributed by atoms with Gasteiger partial charge in [0, 0.05) is 16.1 Å². The molecule has 4 nitrogen and oxygen atoms in total. The first-order chi connectivity index (χ1) is 8.97. The van der Waals surface area contributed by atoms with E-state index >= 15 is 0 Å². The first kappa shape index (κ1) is 14.1. The molecule has 2 unspecified atom stereocenters. The number of anilines is 1. The van der Waals surface area contributed by atoms with Gasteiger partial charge in [-0.15, -0.1) is 0 Å². The molecule has 2 N–H and O–H groups in total. The van der Waals surface area contributed by atoms with Crippen LogP contribution < -0.4 is 5.32 Å². The molecule has 2 atom stereocenters. The fraction of sp³-hybridized carbons (Fsp3) is 0.429.